The van der Waals surface area contributed by atoms with Crippen LogP contribution in [0, 0.1) is 46.1 Å². The van der Waals surface area contributed by atoms with E-state index >= 15 is 0 Å². The number of ether oxygens (including phenoxy) is 3. The summed E-state index contributed by atoms with van der Waals surface area (Å²) in [6.07, 6.45) is 10.2. The molecule has 8 rings (SSSR count). The van der Waals surface area contributed by atoms with Crippen LogP contribution in [0.5, 0.6) is 11.5 Å². The van der Waals surface area contributed by atoms with Crippen LogP contribution in [0.25, 0.3) is 0 Å². The summed E-state index contributed by atoms with van der Waals surface area (Å²) >= 11 is 0. The first-order chi connectivity index (χ1) is 30.1. The highest BCUT2D eigenvalue weighted by atomic mass is 19.1. The number of aromatic nitrogens is 6. The van der Waals surface area contributed by atoms with E-state index < -0.39 is 30.8 Å². The largest absolute Gasteiger partial charge is 0.490 e. The summed E-state index contributed by atoms with van der Waals surface area (Å²) in [6.45, 7) is 3.57. The van der Waals surface area contributed by atoms with E-state index in [0.29, 0.717) is 104 Å². The molecule has 0 bridgehead atoms. The zero-order valence-corrected chi connectivity index (χ0v) is 33.1. The molecule has 2 saturated heterocycles. The molecule has 1 N–H and O–H groups in total. The molecule has 0 spiro atoms. The molecule has 0 aromatic carbocycles. The molecule has 2 amide bonds. The number of aliphatic hydroxyl groups is 1. The van der Waals surface area contributed by atoms with Gasteiger partial charge in [0.15, 0.2) is 11.6 Å². The van der Waals surface area contributed by atoms with Gasteiger partial charge in [-0.2, -0.15) is 10.5 Å². The highest BCUT2D eigenvalue weighted by Gasteiger charge is 2.39. The molecule has 4 aromatic rings. The zero-order valence-electron chi connectivity index (χ0n) is 34.1. The SMILES string of the molecule is COC1CN(c2ncc(F)cn2)CCC1C(=O)N1CCOc2c(C#N)cncc2C1.N#Cc1cncc2c1OCCN(C(=O)C1CCN(c3ncc(F)cn3)CC1O)C2.[2H]CF. The Balaban J connectivity index is 0.000000195. The topological polar surface area (TPSA) is 220 Å². The average molecular weight is 846 g/mol. The summed E-state index contributed by atoms with van der Waals surface area (Å²) in [5, 5.41) is 29.1. The molecular weight excluding hydrogens is 802 g/mol. The first-order valence-electron chi connectivity index (χ1n) is 19.9. The van der Waals surface area contributed by atoms with Crippen LogP contribution in [0.1, 0.15) is 36.5 Å². The lowest BCUT2D eigenvalue weighted by molar-refractivity contribution is -0.142. The number of rotatable bonds is 5. The summed E-state index contributed by atoms with van der Waals surface area (Å²) in [5.41, 5.74) is 2.08. The van der Waals surface area contributed by atoms with E-state index in [4.69, 9.17) is 15.6 Å². The fourth-order valence-electron chi connectivity index (χ4n) is 7.60. The number of methoxy groups -OCH3 is 1. The van der Waals surface area contributed by atoms with Gasteiger partial charge >= 0.3 is 0 Å². The van der Waals surface area contributed by atoms with Gasteiger partial charge in [0, 0.05) is 69.2 Å². The minimum absolute atomic E-state index is 0.0275. The molecule has 4 aromatic heterocycles. The van der Waals surface area contributed by atoms with Crippen molar-refractivity contribution in [3.63, 3.8) is 0 Å². The van der Waals surface area contributed by atoms with Crippen LogP contribution in [0.2, 0.25) is 0 Å². The van der Waals surface area contributed by atoms with Crippen molar-refractivity contribution < 1.29 is 43.4 Å². The predicted octanol–water partition coefficient (Wildman–Crippen LogP) is 2.22. The molecule has 0 saturated carbocycles. The smallest absolute Gasteiger partial charge is 0.228 e. The number of pyridine rings is 2. The number of β-amino-alcohol motifs (C(OH)–C–C–N with tert-alkyl or cyclic N) is 1. The van der Waals surface area contributed by atoms with Crippen LogP contribution in [0.4, 0.5) is 25.1 Å². The monoisotopic (exact) mass is 845 g/mol. The van der Waals surface area contributed by atoms with Crippen molar-refractivity contribution in [2.45, 2.75) is 38.1 Å². The fourth-order valence-corrected chi connectivity index (χ4v) is 7.60. The van der Waals surface area contributed by atoms with Gasteiger partial charge in [-0.05, 0) is 12.8 Å². The number of nitrogens with zero attached hydrogens (tertiary/aromatic N) is 12. The highest BCUT2D eigenvalue weighted by Crippen LogP contribution is 2.31. The van der Waals surface area contributed by atoms with Gasteiger partial charge in [0.05, 0.1) is 83.5 Å². The Bertz CT molecular complexity index is 2250. The number of amides is 2. The summed E-state index contributed by atoms with van der Waals surface area (Å²) < 4.78 is 58.7. The maximum atomic E-state index is 13.3. The van der Waals surface area contributed by atoms with Gasteiger partial charge in [-0.15, -0.1) is 0 Å². The molecule has 0 aliphatic carbocycles. The van der Waals surface area contributed by atoms with E-state index in [0.717, 1.165) is 24.8 Å². The Labute approximate surface area is 350 Å². The van der Waals surface area contributed by atoms with E-state index in [9.17, 15) is 38.4 Å². The number of hydrogen-bond acceptors (Lipinski definition) is 16. The number of halogens is 3. The normalized spacial score (nSPS) is 21.0. The van der Waals surface area contributed by atoms with Crippen molar-refractivity contribution in [2.24, 2.45) is 11.8 Å². The van der Waals surface area contributed by atoms with Crippen LogP contribution in [0.3, 0.4) is 0 Å². The van der Waals surface area contributed by atoms with Crippen molar-refractivity contribution in [3.05, 3.63) is 83.5 Å². The Hall–Kier alpha value is -6.71. The molecule has 2 fully saturated rings. The summed E-state index contributed by atoms with van der Waals surface area (Å²) in [6, 6.07) is 4.13. The van der Waals surface area contributed by atoms with Gasteiger partial charge in [-0.3, -0.25) is 23.9 Å². The highest BCUT2D eigenvalue weighted by molar-refractivity contribution is 5.81. The van der Waals surface area contributed by atoms with E-state index in [1.807, 2.05) is 11.0 Å². The van der Waals surface area contributed by atoms with Crippen molar-refractivity contribution in [1.29, 1.82) is 10.5 Å². The Kier molecular flexibility index (Phi) is 14.3. The maximum Gasteiger partial charge on any atom is 0.228 e. The van der Waals surface area contributed by atoms with E-state index in [1.54, 1.807) is 34.2 Å². The third-order valence-corrected chi connectivity index (χ3v) is 10.6. The van der Waals surface area contributed by atoms with Gasteiger partial charge in [0.2, 0.25) is 23.7 Å². The van der Waals surface area contributed by atoms with E-state index in [1.165, 1.54) is 12.4 Å². The quantitative estimate of drug-likeness (QED) is 0.304. The summed E-state index contributed by atoms with van der Waals surface area (Å²) in [7, 11) is 0.573. The lowest BCUT2D eigenvalue weighted by atomic mass is 9.92. The number of carbonyl (C=O) groups is 2. The second kappa shape index (κ2) is 20.5. The molecule has 4 aliphatic heterocycles. The van der Waals surface area contributed by atoms with Crippen molar-refractivity contribution in [1.82, 2.24) is 39.7 Å². The van der Waals surface area contributed by atoms with E-state index in [-0.39, 0.29) is 43.5 Å². The number of anilines is 2. The predicted molar refractivity (Wildman–Crippen MR) is 208 cm³/mol. The van der Waals surface area contributed by atoms with Gasteiger partial charge in [0.25, 0.3) is 0 Å². The van der Waals surface area contributed by atoms with Gasteiger partial charge in [-0.25, -0.2) is 28.7 Å². The second-order valence-corrected chi connectivity index (χ2v) is 14.2. The van der Waals surface area contributed by atoms with Crippen LogP contribution in [0.15, 0.2) is 49.6 Å². The first-order valence-corrected chi connectivity index (χ1v) is 19.2. The number of aliphatic hydroxyl groups excluding tert-OH is 1. The number of nitriles is 2. The fraction of sp³-hybridized carbons (Fsp3) is 0.450. The molecular formula is C40H43F3N12O6. The molecule has 4 aliphatic rings. The summed E-state index contributed by atoms with van der Waals surface area (Å²) in [4.78, 5) is 57.5. The van der Waals surface area contributed by atoms with Crippen LogP contribution < -0.4 is 19.3 Å². The number of alkyl halides is 1. The molecule has 4 atom stereocenters. The molecule has 0 radical (unpaired) electrons. The van der Waals surface area contributed by atoms with Crippen LogP contribution in [-0.2, 0) is 27.4 Å². The molecule has 18 nitrogen and oxygen atoms in total. The first kappa shape index (κ1) is 42.4. The number of carbonyl (C=O) groups excluding carboxylic acids is 2. The molecule has 21 heteroatoms. The Morgan fingerprint density at radius 1 is 0.754 bits per heavy atom. The molecule has 320 valence electrons. The molecule has 61 heavy (non-hydrogen) atoms. The number of piperidine rings is 2. The van der Waals surface area contributed by atoms with Gasteiger partial charge < -0.3 is 38.9 Å². The van der Waals surface area contributed by atoms with Crippen molar-refractivity contribution in [2.75, 3.05) is 76.5 Å². The lowest BCUT2D eigenvalue weighted by Crippen LogP contribution is -2.51. The van der Waals surface area contributed by atoms with Crippen molar-refractivity contribution in [3.8, 4) is 23.6 Å². The molecule has 8 heterocycles. The van der Waals surface area contributed by atoms with Crippen molar-refractivity contribution >= 4 is 23.7 Å². The minimum Gasteiger partial charge on any atom is -0.490 e. The van der Waals surface area contributed by atoms with E-state index in [2.05, 4.69) is 36.0 Å². The minimum atomic E-state index is -1.00. The second-order valence-electron chi connectivity index (χ2n) is 14.2. The van der Waals surface area contributed by atoms with Gasteiger partial charge in [-0.1, -0.05) is 0 Å². The third kappa shape index (κ3) is 10.2. The number of hydrogen-bond donors (Lipinski definition) is 1. The zero-order chi connectivity index (χ0) is 44.2. The third-order valence-electron chi connectivity index (χ3n) is 10.6. The van der Waals surface area contributed by atoms with Crippen LogP contribution >= 0.6 is 0 Å². The lowest BCUT2D eigenvalue weighted by Gasteiger charge is -2.38. The average Bonchev–Trinajstić information content (AvgIpc) is 3.66. The number of fused-ring (bicyclic) bond motifs is 2. The molecule has 4 unspecified atom stereocenters. The Morgan fingerprint density at radius 2 is 1.20 bits per heavy atom. The van der Waals surface area contributed by atoms with Gasteiger partial charge in [0.1, 0.15) is 48.0 Å². The standard InChI is InChI=1S/C20H21FN6O3.C19H19FN6O3.CH3F/c1-29-17-12-27(20-24-9-15(21)10-25-20)3-2-16(17)19(28)26-4-5-30-18-13(6-22)7-23-8-14(18)11-26;20-14-8-23-19(24-9-14)26-2-1-15(16(27)11-26)18(28)25-3-4-29-17-12(5-21)6-22-7-13(17)10-25;1-2/h7-10,16-17H,2-5,11-12H2,1H3;6-9,15-16,27H,1-4,10-11H2;1H3/i;;1D. The van der Waals surface area contributed by atoms with Crippen LogP contribution in [-0.4, -0.2) is 136 Å². The Morgan fingerprint density at radius 3 is 1.64 bits per heavy atom. The summed E-state index contributed by atoms with van der Waals surface area (Å²) in [5.74, 6) is -0.435. The maximum absolute atomic E-state index is 13.3.